The zero-order chi connectivity index (χ0) is 22.1. The van der Waals surface area contributed by atoms with Gasteiger partial charge in [-0.15, -0.1) is 0 Å². The van der Waals surface area contributed by atoms with Crippen molar-refractivity contribution >= 4 is 23.8 Å². The van der Waals surface area contributed by atoms with Crippen LogP contribution in [0.2, 0.25) is 0 Å². The maximum absolute atomic E-state index is 12.6. The number of carbonyl (C=O) groups excluding carboxylic acids is 3. The van der Waals surface area contributed by atoms with E-state index in [1.807, 2.05) is 12.1 Å². The average molecular weight is 409 g/mol. The van der Waals surface area contributed by atoms with Gasteiger partial charge in [0.2, 0.25) is 11.8 Å². The minimum atomic E-state index is -0.673. The molecule has 0 saturated heterocycles. The van der Waals surface area contributed by atoms with Crippen molar-refractivity contribution in [3.05, 3.63) is 71.3 Å². The van der Waals surface area contributed by atoms with Gasteiger partial charge in [0.15, 0.2) is 0 Å². The smallest absolute Gasteiger partial charge is 0.251 e. The number of nitrogens with zero attached hydrogens (tertiary/aromatic N) is 1. The number of rotatable bonds is 8. The Morgan fingerprint density at radius 1 is 1.07 bits per heavy atom. The van der Waals surface area contributed by atoms with Gasteiger partial charge in [0.1, 0.15) is 11.8 Å². The molecule has 7 heteroatoms. The summed E-state index contributed by atoms with van der Waals surface area (Å²) in [5.74, 6) is 0.0127. The lowest BCUT2D eigenvalue weighted by molar-refractivity contribution is -0.134. The highest BCUT2D eigenvalue weighted by atomic mass is 16.5. The molecule has 2 rings (SSSR count). The molecule has 1 unspecified atom stereocenters. The standard InChI is InChI=1S/C23H27N3O4/c1-16(25-21(27)14-9-17-7-12-20(30-4)13-8-17)23(29)26(3)15-18-5-10-19(11-6-18)22(28)24-2/h5-14,16H,15H2,1-4H3,(H,24,28)(H,25,27)/b14-9+. The Balaban J connectivity index is 1.88. The summed E-state index contributed by atoms with van der Waals surface area (Å²) in [6.45, 7) is 2.02. The summed E-state index contributed by atoms with van der Waals surface area (Å²) in [5.41, 5.74) is 2.29. The van der Waals surface area contributed by atoms with Crippen molar-refractivity contribution in [2.45, 2.75) is 19.5 Å². The van der Waals surface area contributed by atoms with Crippen molar-refractivity contribution in [2.75, 3.05) is 21.2 Å². The summed E-state index contributed by atoms with van der Waals surface area (Å²) in [6.07, 6.45) is 3.06. The summed E-state index contributed by atoms with van der Waals surface area (Å²) in [6, 6.07) is 13.6. The number of benzene rings is 2. The largest absolute Gasteiger partial charge is 0.497 e. The number of likely N-dealkylation sites (N-methyl/N-ethyl adjacent to an activating group) is 1. The molecule has 0 aromatic heterocycles. The van der Waals surface area contributed by atoms with Gasteiger partial charge in [-0.1, -0.05) is 24.3 Å². The van der Waals surface area contributed by atoms with Crippen molar-refractivity contribution in [3.8, 4) is 5.75 Å². The Hall–Kier alpha value is -3.61. The van der Waals surface area contributed by atoms with E-state index in [1.165, 1.54) is 11.0 Å². The van der Waals surface area contributed by atoms with E-state index in [4.69, 9.17) is 4.74 Å². The number of methoxy groups -OCH3 is 1. The Morgan fingerprint density at radius 2 is 1.70 bits per heavy atom. The molecule has 0 heterocycles. The molecule has 2 N–H and O–H groups in total. The van der Waals surface area contributed by atoms with Gasteiger partial charge in [-0.25, -0.2) is 0 Å². The molecular formula is C23H27N3O4. The van der Waals surface area contributed by atoms with Crippen LogP contribution in [0.1, 0.15) is 28.4 Å². The first-order valence-electron chi connectivity index (χ1n) is 9.52. The van der Waals surface area contributed by atoms with Crippen LogP contribution in [0.3, 0.4) is 0 Å². The Labute approximate surface area is 176 Å². The van der Waals surface area contributed by atoms with Crippen LogP contribution >= 0.6 is 0 Å². The van der Waals surface area contributed by atoms with Crippen LogP contribution in [0.25, 0.3) is 6.08 Å². The lowest BCUT2D eigenvalue weighted by Crippen LogP contribution is -2.44. The highest BCUT2D eigenvalue weighted by molar-refractivity contribution is 5.95. The fourth-order valence-corrected chi connectivity index (χ4v) is 2.80. The normalized spacial score (nSPS) is 11.6. The quantitative estimate of drug-likeness (QED) is 0.655. The molecule has 0 aliphatic rings. The second-order valence-electron chi connectivity index (χ2n) is 6.81. The third kappa shape index (κ3) is 6.48. The van der Waals surface area contributed by atoms with E-state index in [9.17, 15) is 14.4 Å². The molecule has 0 bridgehead atoms. The van der Waals surface area contributed by atoms with E-state index < -0.39 is 6.04 Å². The predicted molar refractivity (Wildman–Crippen MR) is 116 cm³/mol. The molecule has 0 radical (unpaired) electrons. The summed E-state index contributed by atoms with van der Waals surface area (Å²) in [5, 5.41) is 5.24. The van der Waals surface area contributed by atoms with E-state index in [1.54, 1.807) is 70.6 Å². The van der Waals surface area contributed by atoms with Crippen LogP contribution in [-0.4, -0.2) is 49.9 Å². The Kier molecular flexibility index (Phi) is 8.17. The van der Waals surface area contributed by atoms with Gasteiger partial charge in [0.05, 0.1) is 7.11 Å². The molecule has 2 aromatic rings. The third-order valence-electron chi connectivity index (χ3n) is 4.51. The lowest BCUT2D eigenvalue weighted by Gasteiger charge is -2.22. The topological polar surface area (TPSA) is 87.7 Å². The number of amides is 3. The van der Waals surface area contributed by atoms with Crippen molar-refractivity contribution in [3.63, 3.8) is 0 Å². The molecular weight excluding hydrogens is 382 g/mol. The monoisotopic (exact) mass is 409 g/mol. The second-order valence-corrected chi connectivity index (χ2v) is 6.81. The molecule has 158 valence electrons. The van der Waals surface area contributed by atoms with Crippen molar-refractivity contribution < 1.29 is 19.1 Å². The van der Waals surface area contributed by atoms with Crippen LogP contribution < -0.4 is 15.4 Å². The van der Waals surface area contributed by atoms with E-state index in [2.05, 4.69) is 10.6 Å². The first kappa shape index (κ1) is 22.7. The van der Waals surface area contributed by atoms with Crippen molar-refractivity contribution in [2.24, 2.45) is 0 Å². The van der Waals surface area contributed by atoms with Crippen molar-refractivity contribution in [1.29, 1.82) is 0 Å². The highest BCUT2D eigenvalue weighted by Gasteiger charge is 2.19. The fourth-order valence-electron chi connectivity index (χ4n) is 2.80. The molecule has 30 heavy (non-hydrogen) atoms. The Morgan fingerprint density at radius 3 is 2.27 bits per heavy atom. The lowest BCUT2D eigenvalue weighted by atomic mass is 10.1. The van der Waals surface area contributed by atoms with E-state index in [-0.39, 0.29) is 17.7 Å². The molecule has 0 aliphatic heterocycles. The highest BCUT2D eigenvalue weighted by Crippen LogP contribution is 2.12. The molecule has 0 aliphatic carbocycles. The Bertz CT molecular complexity index is 905. The molecule has 3 amide bonds. The second kappa shape index (κ2) is 10.8. The molecule has 2 aromatic carbocycles. The number of ether oxygens (including phenoxy) is 1. The minimum absolute atomic E-state index is 0.162. The zero-order valence-electron chi connectivity index (χ0n) is 17.6. The number of hydrogen-bond donors (Lipinski definition) is 2. The van der Waals surface area contributed by atoms with Gasteiger partial charge in [0, 0.05) is 32.3 Å². The van der Waals surface area contributed by atoms with Crippen LogP contribution in [0, 0.1) is 0 Å². The summed E-state index contributed by atoms with van der Waals surface area (Å²) in [7, 11) is 4.84. The van der Waals surface area contributed by atoms with Gasteiger partial charge in [-0.2, -0.15) is 0 Å². The SMILES string of the molecule is CNC(=O)c1ccc(CN(C)C(=O)C(C)NC(=O)/C=C/c2ccc(OC)cc2)cc1. The minimum Gasteiger partial charge on any atom is -0.497 e. The van der Waals surface area contributed by atoms with Crippen LogP contribution in [0.15, 0.2) is 54.6 Å². The zero-order valence-corrected chi connectivity index (χ0v) is 17.6. The van der Waals surface area contributed by atoms with Crippen LogP contribution in [0.5, 0.6) is 5.75 Å². The van der Waals surface area contributed by atoms with Gasteiger partial charge < -0.3 is 20.3 Å². The molecule has 0 spiro atoms. The fraction of sp³-hybridized carbons (Fsp3) is 0.261. The van der Waals surface area contributed by atoms with Gasteiger partial charge in [0.25, 0.3) is 5.91 Å². The van der Waals surface area contributed by atoms with Gasteiger partial charge >= 0.3 is 0 Å². The van der Waals surface area contributed by atoms with E-state index in [0.717, 1.165) is 16.9 Å². The number of carbonyl (C=O) groups is 3. The maximum atomic E-state index is 12.6. The molecule has 7 nitrogen and oxygen atoms in total. The molecule has 0 saturated carbocycles. The summed E-state index contributed by atoms with van der Waals surface area (Å²) in [4.78, 5) is 37.8. The van der Waals surface area contributed by atoms with Crippen LogP contribution in [-0.2, 0) is 16.1 Å². The van der Waals surface area contributed by atoms with Crippen molar-refractivity contribution in [1.82, 2.24) is 15.5 Å². The van der Waals surface area contributed by atoms with Crippen LogP contribution in [0.4, 0.5) is 0 Å². The van der Waals surface area contributed by atoms with Gasteiger partial charge in [-0.3, -0.25) is 14.4 Å². The van der Waals surface area contributed by atoms with E-state index in [0.29, 0.717) is 12.1 Å². The summed E-state index contributed by atoms with van der Waals surface area (Å²) >= 11 is 0. The van der Waals surface area contributed by atoms with Gasteiger partial charge in [-0.05, 0) is 48.4 Å². The molecule has 0 fully saturated rings. The molecule has 1 atom stereocenters. The average Bonchev–Trinajstić information content (AvgIpc) is 2.77. The predicted octanol–water partition coefficient (Wildman–Crippen LogP) is 2.23. The number of nitrogens with one attached hydrogen (secondary N) is 2. The first-order valence-corrected chi connectivity index (χ1v) is 9.52. The number of hydrogen-bond acceptors (Lipinski definition) is 4. The summed E-state index contributed by atoms with van der Waals surface area (Å²) < 4.78 is 5.10. The first-order chi connectivity index (χ1) is 14.3. The van der Waals surface area contributed by atoms with E-state index >= 15 is 0 Å². The third-order valence-corrected chi connectivity index (χ3v) is 4.51. The maximum Gasteiger partial charge on any atom is 0.251 e.